The van der Waals surface area contributed by atoms with Crippen molar-refractivity contribution in [1.82, 2.24) is 15.3 Å². The highest BCUT2D eigenvalue weighted by Gasteiger charge is 2.12. The molecule has 0 saturated carbocycles. The lowest BCUT2D eigenvalue weighted by atomic mass is 10.2. The van der Waals surface area contributed by atoms with Crippen molar-refractivity contribution in [3.8, 4) is 0 Å². The minimum atomic E-state index is -0.141. The second-order valence-corrected chi connectivity index (χ2v) is 5.37. The molecule has 0 saturated heterocycles. The van der Waals surface area contributed by atoms with Crippen molar-refractivity contribution in [2.24, 2.45) is 0 Å². The molecule has 23 heavy (non-hydrogen) atoms. The quantitative estimate of drug-likeness (QED) is 0.761. The molecule has 0 bridgehead atoms. The van der Waals surface area contributed by atoms with Crippen molar-refractivity contribution in [2.75, 3.05) is 18.0 Å². The van der Waals surface area contributed by atoms with Gasteiger partial charge in [0, 0.05) is 25.7 Å². The summed E-state index contributed by atoms with van der Waals surface area (Å²) in [5.74, 6) is 0.629. The molecule has 0 atom stereocenters. The first kappa shape index (κ1) is 16.9. The zero-order valence-corrected chi connectivity index (χ0v) is 13.8. The van der Waals surface area contributed by atoms with Gasteiger partial charge in [-0.2, -0.15) is 0 Å². The van der Waals surface area contributed by atoms with Gasteiger partial charge in [0.25, 0.3) is 5.91 Å². The highest BCUT2D eigenvalue weighted by atomic mass is 16.1. The smallest absolute Gasteiger partial charge is 0.270 e. The van der Waals surface area contributed by atoms with Crippen LogP contribution >= 0.6 is 0 Å². The normalized spacial score (nSPS) is 10.3. The maximum Gasteiger partial charge on any atom is 0.270 e. The van der Waals surface area contributed by atoms with Crippen LogP contribution in [0.5, 0.6) is 0 Å². The van der Waals surface area contributed by atoms with Crippen LogP contribution in [0.25, 0.3) is 0 Å². The summed E-state index contributed by atoms with van der Waals surface area (Å²) in [6.45, 7) is 6.41. The van der Waals surface area contributed by atoms with Gasteiger partial charge in [-0.3, -0.25) is 4.79 Å². The Labute approximate surface area is 137 Å². The van der Waals surface area contributed by atoms with Gasteiger partial charge in [-0.15, -0.1) is 0 Å². The summed E-state index contributed by atoms with van der Waals surface area (Å²) in [4.78, 5) is 22.7. The predicted octanol–water partition coefficient (Wildman–Crippen LogP) is 3.03. The number of hydrogen-bond acceptors (Lipinski definition) is 4. The number of nitrogens with zero attached hydrogens (tertiary/aromatic N) is 3. The highest BCUT2D eigenvalue weighted by molar-refractivity contribution is 5.92. The summed E-state index contributed by atoms with van der Waals surface area (Å²) in [7, 11) is 0. The number of aromatic nitrogens is 2. The topological polar surface area (TPSA) is 58.1 Å². The molecule has 0 radical (unpaired) electrons. The van der Waals surface area contributed by atoms with E-state index in [0.29, 0.717) is 12.2 Å². The zero-order valence-electron chi connectivity index (χ0n) is 13.8. The van der Waals surface area contributed by atoms with Crippen LogP contribution in [0.1, 0.15) is 42.7 Å². The molecule has 5 nitrogen and oxygen atoms in total. The standard InChI is InChI=1S/C18H24N4O/c1-3-5-11-19-18(23)16-12-17(21-14-20-16)22(4-2)13-15-9-7-6-8-10-15/h6-10,12,14H,3-5,11,13H2,1-2H3,(H,19,23). The molecule has 0 spiro atoms. The Bertz CT molecular complexity index is 615. The predicted molar refractivity (Wildman–Crippen MR) is 92.4 cm³/mol. The number of carbonyl (C=O) groups excluding carboxylic acids is 1. The Hall–Kier alpha value is -2.43. The van der Waals surface area contributed by atoms with Crippen molar-refractivity contribution in [1.29, 1.82) is 0 Å². The number of hydrogen-bond donors (Lipinski definition) is 1. The van der Waals surface area contributed by atoms with Gasteiger partial charge in [0.2, 0.25) is 0 Å². The molecule has 0 fully saturated rings. The number of nitrogens with one attached hydrogen (secondary N) is 1. The van der Waals surface area contributed by atoms with Gasteiger partial charge in [0.15, 0.2) is 0 Å². The molecule has 1 amide bonds. The van der Waals surface area contributed by atoms with Crippen LogP contribution in [0.2, 0.25) is 0 Å². The SMILES string of the molecule is CCCCNC(=O)c1cc(N(CC)Cc2ccccc2)ncn1. The van der Waals surface area contributed by atoms with Crippen molar-refractivity contribution in [2.45, 2.75) is 33.2 Å². The van der Waals surface area contributed by atoms with Crippen molar-refractivity contribution in [3.63, 3.8) is 0 Å². The third-order valence-corrected chi connectivity index (χ3v) is 3.62. The van der Waals surface area contributed by atoms with Gasteiger partial charge in [0.1, 0.15) is 17.8 Å². The van der Waals surface area contributed by atoms with Gasteiger partial charge in [-0.25, -0.2) is 9.97 Å². The lowest BCUT2D eigenvalue weighted by molar-refractivity contribution is 0.0948. The van der Waals surface area contributed by atoms with E-state index in [1.807, 2.05) is 18.2 Å². The summed E-state index contributed by atoms with van der Waals surface area (Å²) in [6, 6.07) is 12.0. The lowest BCUT2D eigenvalue weighted by Gasteiger charge is -2.22. The fourth-order valence-corrected chi connectivity index (χ4v) is 2.27. The van der Waals surface area contributed by atoms with E-state index in [1.54, 1.807) is 6.07 Å². The third-order valence-electron chi connectivity index (χ3n) is 3.62. The highest BCUT2D eigenvalue weighted by Crippen LogP contribution is 2.14. The molecule has 0 aliphatic carbocycles. The fourth-order valence-electron chi connectivity index (χ4n) is 2.27. The van der Waals surface area contributed by atoms with Crippen molar-refractivity contribution >= 4 is 11.7 Å². The summed E-state index contributed by atoms with van der Waals surface area (Å²) in [5.41, 5.74) is 1.62. The number of carbonyl (C=O) groups is 1. The average Bonchev–Trinajstić information content (AvgIpc) is 2.61. The maximum absolute atomic E-state index is 12.1. The van der Waals surface area contributed by atoms with Crippen LogP contribution in [-0.4, -0.2) is 29.0 Å². The summed E-state index contributed by atoms with van der Waals surface area (Å²) in [6.07, 6.45) is 3.48. The first-order chi connectivity index (χ1) is 11.2. The van der Waals surface area contributed by atoms with Crippen LogP contribution in [0, 0.1) is 0 Å². The van der Waals surface area contributed by atoms with Crippen LogP contribution in [0.3, 0.4) is 0 Å². The number of anilines is 1. The molecule has 0 aliphatic heterocycles. The van der Waals surface area contributed by atoms with E-state index in [1.165, 1.54) is 11.9 Å². The van der Waals surface area contributed by atoms with Gasteiger partial charge >= 0.3 is 0 Å². The second kappa shape index (κ2) is 8.88. The van der Waals surface area contributed by atoms with E-state index in [2.05, 4.69) is 46.2 Å². The molecule has 1 aromatic carbocycles. The average molecular weight is 312 g/mol. The largest absolute Gasteiger partial charge is 0.352 e. The second-order valence-electron chi connectivity index (χ2n) is 5.37. The molecule has 2 aromatic rings. The monoisotopic (exact) mass is 312 g/mol. The molecule has 0 unspecified atom stereocenters. The first-order valence-corrected chi connectivity index (χ1v) is 8.13. The van der Waals surface area contributed by atoms with Gasteiger partial charge in [-0.1, -0.05) is 43.7 Å². The minimum absolute atomic E-state index is 0.141. The summed E-state index contributed by atoms with van der Waals surface area (Å²) < 4.78 is 0. The van der Waals surface area contributed by atoms with E-state index < -0.39 is 0 Å². The first-order valence-electron chi connectivity index (χ1n) is 8.13. The van der Waals surface area contributed by atoms with E-state index in [4.69, 9.17) is 0 Å². The fraction of sp³-hybridized carbons (Fsp3) is 0.389. The van der Waals surface area contributed by atoms with Crippen molar-refractivity contribution < 1.29 is 4.79 Å². The van der Waals surface area contributed by atoms with Gasteiger partial charge < -0.3 is 10.2 Å². The van der Waals surface area contributed by atoms with Crippen LogP contribution < -0.4 is 10.2 Å². The number of rotatable bonds is 8. The van der Waals surface area contributed by atoms with Gasteiger partial charge in [-0.05, 0) is 18.9 Å². The molecular weight excluding hydrogens is 288 g/mol. The molecular formula is C18H24N4O. The van der Waals surface area contributed by atoms with Crippen LogP contribution in [0.4, 0.5) is 5.82 Å². The molecule has 5 heteroatoms. The number of unbranched alkanes of at least 4 members (excludes halogenated alkanes) is 1. The van der Waals surface area contributed by atoms with Crippen LogP contribution in [-0.2, 0) is 6.54 Å². The van der Waals surface area contributed by atoms with E-state index in [9.17, 15) is 4.79 Å². The Morgan fingerprint density at radius 1 is 1.17 bits per heavy atom. The summed E-state index contributed by atoms with van der Waals surface area (Å²) in [5, 5.41) is 2.89. The molecule has 0 aliphatic rings. The van der Waals surface area contributed by atoms with E-state index >= 15 is 0 Å². The van der Waals surface area contributed by atoms with E-state index in [-0.39, 0.29) is 5.91 Å². The third kappa shape index (κ3) is 5.06. The van der Waals surface area contributed by atoms with Gasteiger partial charge in [0.05, 0.1) is 0 Å². The molecule has 1 aromatic heterocycles. The Kier molecular flexibility index (Phi) is 6.54. The minimum Gasteiger partial charge on any atom is -0.352 e. The molecule has 122 valence electrons. The zero-order chi connectivity index (χ0) is 16.5. The number of benzene rings is 1. The van der Waals surface area contributed by atoms with Crippen LogP contribution in [0.15, 0.2) is 42.7 Å². The number of amides is 1. The maximum atomic E-state index is 12.1. The molecule has 1 heterocycles. The molecule has 2 rings (SSSR count). The van der Waals surface area contributed by atoms with Crippen molar-refractivity contribution in [3.05, 3.63) is 54.0 Å². The Balaban J connectivity index is 2.08. The Morgan fingerprint density at radius 3 is 2.65 bits per heavy atom. The van der Waals surface area contributed by atoms with E-state index in [0.717, 1.165) is 31.7 Å². The molecule has 1 N–H and O–H groups in total. The Morgan fingerprint density at radius 2 is 1.96 bits per heavy atom. The summed E-state index contributed by atoms with van der Waals surface area (Å²) >= 11 is 0. The lowest BCUT2D eigenvalue weighted by Crippen LogP contribution is -2.27.